The van der Waals surface area contributed by atoms with Gasteiger partial charge in [-0.15, -0.1) is 0 Å². The van der Waals surface area contributed by atoms with Crippen LogP contribution in [0.25, 0.3) is 11.4 Å². The van der Waals surface area contributed by atoms with Crippen molar-refractivity contribution in [3.63, 3.8) is 0 Å². The maximum absolute atomic E-state index is 12.2. The third-order valence-electron chi connectivity index (χ3n) is 5.06. The molecular weight excluding hydrogens is 402 g/mol. The molecule has 4 N–H and O–H groups in total. The lowest BCUT2D eigenvalue weighted by Gasteiger charge is -2.14. The topological polar surface area (TPSA) is 127 Å². The molecule has 30 heavy (non-hydrogen) atoms. The first-order chi connectivity index (χ1) is 14.3. The lowest BCUT2D eigenvalue weighted by atomic mass is 10.1. The highest BCUT2D eigenvalue weighted by atomic mass is 32.2. The van der Waals surface area contributed by atoms with Gasteiger partial charge in [0.25, 0.3) is 0 Å². The lowest BCUT2D eigenvalue weighted by molar-refractivity contribution is 0.262. The van der Waals surface area contributed by atoms with Gasteiger partial charge in [-0.25, -0.2) is 23.2 Å². The normalized spacial score (nSPS) is 14.7. The minimum Gasteiger partial charge on any atom is -0.384 e. The second-order valence-electron chi connectivity index (χ2n) is 7.29. The summed E-state index contributed by atoms with van der Waals surface area (Å²) in [5.74, 6) is 0.564. The van der Waals surface area contributed by atoms with Gasteiger partial charge in [-0.3, -0.25) is 0 Å². The molecule has 0 spiro atoms. The van der Waals surface area contributed by atoms with Crippen molar-refractivity contribution in [1.82, 2.24) is 9.97 Å². The van der Waals surface area contributed by atoms with Gasteiger partial charge in [-0.05, 0) is 49.2 Å². The number of nitrogens with zero attached hydrogens (tertiary/aromatic N) is 2. The maximum atomic E-state index is 12.2. The summed E-state index contributed by atoms with van der Waals surface area (Å²) in [4.78, 5) is 20.8. The molecule has 2 amide bonds. The van der Waals surface area contributed by atoms with Gasteiger partial charge in [0.1, 0.15) is 10.6 Å². The van der Waals surface area contributed by atoms with Crippen LogP contribution < -0.4 is 16.4 Å². The largest absolute Gasteiger partial charge is 0.384 e. The fourth-order valence-electron chi connectivity index (χ4n) is 3.28. The predicted octanol–water partition coefficient (Wildman–Crippen LogP) is 3.40. The highest BCUT2D eigenvalue weighted by Gasteiger charge is 2.55. The van der Waals surface area contributed by atoms with Crippen LogP contribution in [0.3, 0.4) is 0 Å². The summed E-state index contributed by atoms with van der Waals surface area (Å²) in [5.41, 5.74) is 8.29. The molecule has 154 valence electrons. The molecule has 1 aliphatic rings. The summed E-state index contributed by atoms with van der Waals surface area (Å²) in [6, 6.07) is 17.2. The summed E-state index contributed by atoms with van der Waals surface area (Å²) in [5, 5.41) is 5.49. The van der Waals surface area contributed by atoms with E-state index in [2.05, 4.69) is 20.6 Å². The second-order valence-corrected chi connectivity index (χ2v) is 9.62. The molecule has 0 radical (unpaired) electrons. The third kappa shape index (κ3) is 3.97. The number of carbonyl (C=O) groups excluding carboxylic acids is 1. The number of sulfone groups is 1. The van der Waals surface area contributed by atoms with Crippen LogP contribution in [-0.4, -0.2) is 30.7 Å². The van der Waals surface area contributed by atoms with E-state index >= 15 is 0 Å². The van der Waals surface area contributed by atoms with Gasteiger partial charge in [0, 0.05) is 29.3 Å². The number of benzene rings is 2. The minimum atomic E-state index is -3.31. The summed E-state index contributed by atoms with van der Waals surface area (Å²) >= 11 is 0. The number of rotatable bonds is 5. The van der Waals surface area contributed by atoms with Crippen molar-refractivity contribution in [2.24, 2.45) is 0 Å². The van der Waals surface area contributed by atoms with E-state index in [1.165, 1.54) is 12.3 Å². The standard InChI is InChI=1S/C21H21N5O3S/c1-30(28,29)21(11-12-21)17-13-18(22)26-19(25-17)14-7-9-16(10-8-14)24-20(27)23-15-5-3-2-4-6-15/h2-10,13H,11-12H2,1H3,(H2,22,25,26)(H2,23,24,27). The molecule has 1 fully saturated rings. The average molecular weight is 423 g/mol. The Morgan fingerprint density at radius 2 is 1.57 bits per heavy atom. The van der Waals surface area contributed by atoms with Crippen molar-refractivity contribution in [3.8, 4) is 11.4 Å². The van der Waals surface area contributed by atoms with Crippen molar-refractivity contribution in [2.45, 2.75) is 17.6 Å². The molecule has 0 aliphatic heterocycles. The van der Waals surface area contributed by atoms with Crippen molar-refractivity contribution in [3.05, 3.63) is 66.4 Å². The molecular formula is C21H21N5O3S. The zero-order valence-corrected chi connectivity index (χ0v) is 17.1. The summed E-state index contributed by atoms with van der Waals surface area (Å²) in [7, 11) is -3.31. The van der Waals surface area contributed by atoms with Gasteiger partial charge in [0.2, 0.25) is 0 Å². The average Bonchev–Trinajstić information content (AvgIpc) is 3.51. The van der Waals surface area contributed by atoms with Gasteiger partial charge >= 0.3 is 6.03 Å². The molecule has 0 atom stereocenters. The molecule has 0 bridgehead atoms. The predicted molar refractivity (Wildman–Crippen MR) is 117 cm³/mol. The fraction of sp³-hybridized carbons (Fsp3) is 0.190. The highest BCUT2D eigenvalue weighted by Crippen LogP contribution is 2.52. The Bertz CT molecular complexity index is 1190. The van der Waals surface area contributed by atoms with Crippen LogP contribution in [0.4, 0.5) is 22.0 Å². The van der Waals surface area contributed by atoms with Crippen LogP contribution >= 0.6 is 0 Å². The van der Waals surface area contributed by atoms with Gasteiger partial charge in [-0.1, -0.05) is 18.2 Å². The zero-order chi connectivity index (χ0) is 21.4. The fourth-order valence-corrected chi connectivity index (χ4v) is 4.60. The number of para-hydroxylation sites is 1. The van der Waals surface area contributed by atoms with E-state index in [1.54, 1.807) is 36.4 Å². The molecule has 3 aromatic rings. The van der Waals surface area contributed by atoms with Crippen molar-refractivity contribution >= 4 is 33.1 Å². The number of nitrogens with one attached hydrogen (secondary N) is 2. The second kappa shape index (κ2) is 7.42. The van der Waals surface area contributed by atoms with Crippen LogP contribution in [0.5, 0.6) is 0 Å². The van der Waals surface area contributed by atoms with Crippen molar-refractivity contribution in [1.29, 1.82) is 0 Å². The number of amides is 2. The smallest absolute Gasteiger partial charge is 0.323 e. The quantitative estimate of drug-likeness (QED) is 0.577. The Kier molecular flexibility index (Phi) is 4.90. The minimum absolute atomic E-state index is 0.217. The van der Waals surface area contributed by atoms with E-state index in [0.29, 0.717) is 41.3 Å². The Labute approximate surface area is 174 Å². The lowest BCUT2D eigenvalue weighted by Crippen LogP contribution is -2.21. The van der Waals surface area contributed by atoms with E-state index in [4.69, 9.17) is 5.73 Å². The van der Waals surface area contributed by atoms with Gasteiger partial charge in [-0.2, -0.15) is 0 Å². The number of hydrogen-bond donors (Lipinski definition) is 3. The van der Waals surface area contributed by atoms with Crippen molar-refractivity contribution < 1.29 is 13.2 Å². The molecule has 8 nitrogen and oxygen atoms in total. The molecule has 1 heterocycles. The third-order valence-corrected chi connectivity index (χ3v) is 7.10. The Hall–Kier alpha value is -3.46. The number of urea groups is 1. The molecule has 1 saturated carbocycles. The SMILES string of the molecule is CS(=O)(=O)C1(c2cc(N)nc(-c3ccc(NC(=O)Nc4ccccc4)cc3)n2)CC1. The first-order valence-electron chi connectivity index (χ1n) is 9.35. The number of anilines is 3. The van der Waals surface area contributed by atoms with E-state index < -0.39 is 14.6 Å². The summed E-state index contributed by atoms with van der Waals surface area (Å²) < 4.78 is 23.4. The van der Waals surface area contributed by atoms with E-state index in [1.807, 2.05) is 18.2 Å². The molecule has 2 aromatic carbocycles. The Balaban J connectivity index is 1.53. The Morgan fingerprint density at radius 1 is 0.967 bits per heavy atom. The van der Waals surface area contributed by atoms with E-state index in [9.17, 15) is 13.2 Å². The molecule has 4 rings (SSSR count). The zero-order valence-electron chi connectivity index (χ0n) is 16.3. The number of nitrogen functional groups attached to an aromatic ring is 1. The molecule has 1 aromatic heterocycles. The van der Waals surface area contributed by atoms with Crippen LogP contribution in [0.1, 0.15) is 18.5 Å². The monoisotopic (exact) mass is 423 g/mol. The number of nitrogens with two attached hydrogens (primary N) is 1. The van der Waals surface area contributed by atoms with Gasteiger partial charge in [0.15, 0.2) is 15.7 Å². The van der Waals surface area contributed by atoms with Crippen LogP contribution in [0.2, 0.25) is 0 Å². The van der Waals surface area contributed by atoms with Crippen LogP contribution in [-0.2, 0) is 14.6 Å². The summed E-state index contributed by atoms with van der Waals surface area (Å²) in [6.45, 7) is 0. The number of aromatic nitrogens is 2. The molecule has 1 aliphatic carbocycles. The maximum Gasteiger partial charge on any atom is 0.323 e. The Morgan fingerprint density at radius 3 is 2.13 bits per heavy atom. The molecule has 0 unspecified atom stereocenters. The number of carbonyl (C=O) groups is 1. The van der Waals surface area contributed by atoms with E-state index in [-0.39, 0.29) is 11.8 Å². The van der Waals surface area contributed by atoms with Gasteiger partial charge in [0.05, 0.1) is 5.69 Å². The number of hydrogen-bond acceptors (Lipinski definition) is 6. The molecule has 0 saturated heterocycles. The molecule has 9 heteroatoms. The van der Waals surface area contributed by atoms with Crippen LogP contribution in [0.15, 0.2) is 60.7 Å². The first-order valence-corrected chi connectivity index (χ1v) is 11.2. The highest BCUT2D eigenvalue weighted by molar-refractivity contribution is 7.91. The summed E-state index contributed by atoms with van der Waals surface area (Å²) in [6.07, 6.45) is 2.28. The first kappa shape index (κ1) is 19.8. The van der Waals surface area contributed by atoms with Crippen molar-refractivity contribution in [2.75, 3.05) is 22.6 Å². The van der Waals surface area contributed by atoms with Crippen LogP contribution in [0, 0.1) is 0 Å². The van der Waals surface area contributed by atoms with E-state index in [0.717, 1.165) is 0 Å². The van der Waals surface area contributed by atoms with Gasteiger partial charge < -0.3 is 16.4 Å².